The number of para-hydroxylation sites is 1. The van der Waals surface area contributed by atoms with Crippen LogP contribution in [0.15, 0.2) is 48.7 Å². The first kappa shape index (κ1) is 25.6. The Balaban J connectivity index is 1.93. The Morgan fingerprint density at radius 3 is 2.49 bits per heavy atom. The number of anilines is 2. The third-order valence-corrected chi connectivity index (χ3v) is 5.74. The lowest BCUT2D eigenvalue weighted by Crippen LogP contribution is -2.23. The zero-order valence-corrected chi connectivity index (χ0v) is 21.0. The van der Waals surface area contributed by atoms with Crippen molar-refractivity contribution in [3.8, 4) is 22.8 Å². The molecule has 0 bridgehead atoms. The van der Waals surface area contributed by atoms with Crippen LogP contribution < -0.4 is 25.8 Å². The van der Waals surface area contributed by atoms with E-state index in [2.05, 4.69) is 10.6 Å². The number of nitrogens with zero attached hydrogens (tertiary/aromatic N) is 2. The van der Waals surface area contributed by atoms with Gasteiger partial charge in [-0.1, -0.05) is 18.2 Å². The number of carbonyl (C=O) groups excluding carboxylic acids is 2. The van der Waals surface area contributed by atoms with Crippen molar-refractivity contribution < 1.29 is 23.5 Å². The number of hydrogen-bond donors (Lipinski definition) is 3. The summed E-state index contributed by atoms with van der Waals surface area (Å²) in [5, 5.41) is 6.17. The van der Waals surface area contributed by atoms with Gasteiger partial charge in [-0.05, 0) is 62.7 Å². The molecule has 4 N–H and O–H groups in total. The molecule has 10 heteroatoms. The smallest absolute Gasteiger partial charge is 0.325 e. The van der Waals surface area contributed by atoms with E-state index in [-0.39, 0.29) is 18.0 Å². The number of pyridine rings is 1. The molecule has 0 saturated heterocycles. The molecule has 0 radical (unpaired) electrons. The van der Waals surface area contributed by atoms with Crippen LogP contribution in [0.5, 0.6) is 11.5 Å². The molecule has 0 aliphatic carbocycles. The van der Waals surface area contributed by atoms with Crippen LogP contribution in [0.2, 0.25) is 0 Å². The number of benzene rings is 2. The lowest BCUT2D eigenvalue weighted by Gasteiger charge is -2.17. The molecule has 2 aromatic carbocycles. The summed E-state index contributed by atoms with van der Waals surface area (Å²) in [5.41, 5.74) is 10.3. The molecule has 4 rings (SSSR count). The minimum Gasteiger partial charge on any atom is -0.483 e. The summed E-state index contributed by atoms with van der Waals surface area (Å²) in [6, 6.07) is 12.0. The largest absolute Gasteiger partial charge is 0.483 e. The Labute approximate surface area is 213 Å². The molecule has 0 atom stereocenters. The first-order chi connectivity index (χ1) is 17.7. The molecular weight excluding hydrogens is 477 g/mol. The predicted octanol–water partition coefficient (Wildman–Crippen LogP) is 3.80. The third-order valence-electron chi connectivity index (χ3n) is 5.74. The van der Waals surface area contributed by atoms with Gasteiger partial charge in [0.05, 0.1) is 6.54 Å². The van der Waals surface area contributed by atoms with E-state index < -0.39 is 24.3 Å². The number of nitrogens with two attached hydrogens (primary N) is 1. The van der Waals surface area contributed by atoms with Gasteiger partial charge in [0.1, 0.15) is 34.5 Å². The van der Waals surface area contributed by atoms with Crippen molar-refractivity contribution in [2.75, 3.05) is 25.5 Å². The number of esters is 1. The molecule has 192 valence electrons. The standard InChI is InChI=1S/C27H28FN5O4/c1-15-6-5-7-16(2)25(15)32-27-26(31-22-9-8-18(28)13-33(22)27)24-17(3)10-19(37-23(35)12-30-4)11-20(24)36-14-21(29)34/h5-11,13,30,32H,12,14H2,1-4H3,(H2,29,34). The molecule has 0 aliphatic rings. The average molecular weight is 506 g/mol. The highest BCUT2D eigenvalue weighted by molar-refractivity contribution is 5.87. The summed E-state index contributed by atoms with van der Waals surface area (Å²) < 4.78 is 27.1. The van der Waals surface area contributed by atoms with Crippen LogP contribution in [0.25, 0.3) is 16.9 Å². The fourth-order valence-corrected chi connectivity index (χ4v) is 4.10. The van der Waals surface area contributed by atoms with Gasteiger partial charge in [0.15, 0.2) is 6.61 Å². The maximum Gasteiger partial charge on any atom is 0.325 e. The van der Waals surface area contributed by atoms with Crippen molar-refractivity contribution in [1.29, 1.82) is 0 Å². The molecule has 2 heterocycles. The van der Waals surface area contributed by atoms with Crippen molar-refractivity contribution in [3.05, 3.63) is 71.2 Å². The van der Waals surface area contributed by atoms with Crippen LogP contribution in [-0.4, -0.2) is 41.5 Å². The quantitative estimate of drug-likeness (QED) is 0.234. The number of fused-ring (bicyclic) bond motifs is 1. The number of imidazole rings is 1. The number of carbonyl (C=O) groups is 2. The van der Waals surface area contributed by atoms with Gasteiger partial charge >= 0.3 is 5.97 Å². The number of likely N-dealkylation sites (N-methyl/N-ethyl adjacent to an activating group) is 1. The van der Waals surface area contributed by atoms with Crippen LogP contribution in [0.1, 0.15) is 16.7 Å². The maximum absolute atomic E-state index is 14.3. The van der Waals surface area contributed by atoms with E-state index in [4.69, 9.17) is 20.2 Å². The third kappa shape index (κ3) is 5.54. The number of ether oxygens (including phenoxy) is 2. The van der Waals surface area contributed by atoms with Crippen LogP contribution in [0.3, 0.4) is 0 Å². The summed E-state index contributed by atoms with van der Waals surface area (Å²) >= 11 is 0. The highest BCUT2D eigenvalue weighted by Crippen LogP contribution is 2.42. The Kier molecular flexibility index (Phi) is 7.40. The number of amides is 1. The Hall–Kier alpha value is -4.44. The summed E-state index contributed by atoms with van der Waals surface area (Å²) in [4.78, 5) is 28.4. The van der Waals surface area contributed by atoms with Crippen LogP contribution in [0, 0.1) is 26.6 Å². The van der Waals surface area contributed by atoms with Crippen molar-refractivity contribution in [3.63, 3.8) is 0 Å². The first-order valence-electron chi connectivity index (χ1n) is 11.6. The van der Waals surface area contributed by atoms with Crippen molar-refractivity contribution in [1.82, 2.24) is 14.7 Å². The molecule has 2 aromatic heterocycles. The SMILES string of the molecule is CNCC(=O)Oc1cc(C)c(-c2nc3ccc(F)cn3c2Nc2c(C)cccc2C)c(OCC(N)=O)c1. The lowest BCUT2D eigenvalue weighted by molar-refractivity contribution is -0.133. The summed E-state index contributed by atoms with van der Waals surface area (Å²) in [6.45, 7) is 5.36. The topological polar surface area (TPSA) is 120 Å². The minimum absolute atomic E-state index is 0.0140. The summed E-state index contributed by atoms with van der Waals surface area (Å²) in [7, 11) is 1.63. The van der Waals surface area contributed by atoms with E-state index in [1.165, 1.54) is 18.3 Å². The van der Waals surface area contributed by atoms with Crippen molar-refractivity contribution in [2.45, 2.75) is 20.8 Å². The van der Waals surface area contributed by atoms with Gasteiger partial charge in [-0.3, -0.25) is 14.0 Å². The van der Waals surface area contributed by atoms with Gasteiger partial charge in [-0.15, -0.1) is 0 Å². The fraction of sp³-hybridized carbons (Fsp3) is 0.222. The number of aryl methyl sites for hydroxylation is 3. The molecule has 0 fully saturated rings. The monoisotopic (exact) mass is 505 g/mol. The predicted molar refractivity (Wildman–Crippen MR) is 139 cm³/mol. The molecule has 0 spiro atoms. The Morgan fingerprint density at radius 1 is 1.08 bits per heavy atom. The second kappa shape index (κ2) is 10.7. The normalized spacial score (nSPS) is 10.9. The molecular formula is C27H28FN5O4. The lowest BCUT2D eigenvalue weighted by atomic mass is 10.0. The number of nitrogens with one attached hydrogen (secondary N) is 2. The Bertz CT molecular complexity index is 1480. The molecule has 1 amide bonds. The molecule has 4 aromatic rings. The van der Waals surface area contributed by atoms with Crippen LogP contribution in [-0.2, 0) is 9.59 Å². The highest BCUT2D eigenvalue weighted by atomic mass is 19.1. The number of primary amides is 1. The summed E-state index contributed by atoms with van der Waals surface area (Å²) in [6.07, 6.45) is 1.34. The number of hydrogen-bond acceptors (Lipinski definition) is 7. The van der Waals surface area contributed by atoms with E-state index in [0.29, 0.717) is 28.3 Å². The average Bonchev–Trinajstić information content (AvgIpc) is 3.16. The zero-order valence-electron chi connectivity index (χ0n) is 21.0. The van der Waals surface area contributed by atoms with E-state index >= 15 is 0 Å². The maximum atomic E-state index is 14.3. The second-order valence-corrected chi connectivity index (χ2v) is 8.65. The van der Waals surface area contributed by atoms with Gasteiger partial charge in [-0.25, -0.2) is 9.37 Å². The summed E-state index contributed by atoms with van der Waals surface area (Å²) in [5.74, 6) is -0.628. The van der Waals surface area contributed by atoms with Gasteiger partial charge in [0.25, 0.3) is 5.91 Å². The van der Waals surface area contributed by atoms with E-state index in [1.807, 2.05) is 32.0 Å². The molecule has 37 heavy (non-hydrogen) atoms. The van der Waals surface area contributed by atoms with Gasteiger partial charge in [0.2, 0.25) is 0 Å². The minimum atomic E-state index is -0.674. The van der Waals surface area contributed by atoms with E-state index in [1.54, 1.807) is 30.5 Å². The van der Waals surface area contributed by atoms with Crippen molar-refractivity contribution >= 4 is 29.0 Å². The van der Waals surface area contributed by atoms with Gasteiger partial charge in [-0.2, -0.15) is 0 Å². The van der Waals surface area contributed by atoms with Crippen LogP contribution in [0.4, 0.5) is 15.9 Å². The molecule has 0 unspecified atom stereocenters. The number of halogens is 1. The van der Waals surface area contributed by atoms with Gasteiger partial charge < -0.3 is 25.8 Å². The second-order valence-electron chi connectivity index (χ2n) is 8.65. The molecule has 0 aliphatic heterocycles. The number of rotatable bonds is 9. The molecule has 0 saturated carbocycles. The van der Waals surface area contributed by atoms with Gasteiger partial charge in [0, 0.05) is 23.5 Å². The highest BCUT2D eigenvalue weighted by Gasteiger charge is 2.23. The molecule has 9 nitrogen and oxygen atoms in total. The van der Waals surface area contributed by atoms with Crippen LogP contribution >= 0.6 is 0 Å². The van der Waals surface area contributed by atoms with E-state index in [0.717, 1.165) is 16.8 Å². The van der Waals surface area contributed by atoms with E-state index in [9.17, 15) is 14.0 Å². The first-order valence-corrected chi connectivity index (χ1v) is 11.6. The zero-order chi connectivity index (χ0) is 26.7. The Morgan fingerprint density at radius 2 is 1.81 bits per heavy atom. The fourth-order valence-electron chi connectivity index (χ4n) is 4.10. The van der Waals surface area contributed by atoms with Crippen molar-refractivity contribution in [2.24, 2.45) is 5.73 Å². The number of aromatic nitrogens is 2.